The molecular formula is C12H19NO3S2. The molecule has 0 aliphatic heterocycles. The van der Waals surface area contributed by atoms with E-state index in [9.17, 15) is 8.42 Å². The highest BCUT2D eigenvalue weighted by atomic mass is 32.2. The molecule has 0 amide bonds. The zero-order chi connectivity index (χ0) is 13.3. The summed E-state index contributed by atoms with van der Waals surface area (Å²) in [6, 6.07) is 1.67. The molecule has 1 aromatic rings. The third-order valence-corrected chi connectivity index (χ3v) is 6.86. The van der Waals surface area contributed by atoms with Crippen LogP contribution >= 0.6 is 11.3 Å². The van der Waals surface area contributed by atoms with Gasteiger partial charge in [0.15, 0.2) is 0 Å². The Balaban J connectivity index is 2.26. The predicted octanol–water partition coefficient (Wildman–Crippen LogP) is 1.97. The van der Waals surface area contributed by atoms with Crippen molar-refractivity contribution in [2.75, 3.05) is 13.1 Å². The van der Waals surface area contributed by atoms with E-state index in [0.29, 0.717) is 23.2 Å². The minimum Gasteiger partial charge on any atom is -0.391 e. The molecule has 1 heterocycles. The standard InChI is InChI=1S/C12H19NO3S2/c1-3-13(7-10-4-5-10)18(15,16)12-6-9(2)11(8-14)17-12/h6,10,14H,3-5,7-8H2,1-2H3. The molecule has 2 rings (SSSR count). The first-order valence-corrected chi connectivity index (χ1v) is 8.45. The van der Waals surface area contributed by atoms with E-state index in [4.69, 9.17) is 5.11 Å². The van der Waals surface area contributed by atoms with Crippen LogP contribution in [-0.4, -0.2) is 30.9 Å². The molecule has 102 valence electrons. The molecule has 4 nitrogen and oxygen atoms in total. The fraction of sp³-hybridized carbons (Fsp3) is 0.667. The Morgan fingerprint density at radius 1 is 1.50 bits per heavy atom. The van der Waals surface area contributed by atoms with E-state index in [1.165, 1.54) is 11.3 Å². The molecule has 0 spiro atoms. The highest BCUT2D eigenvalue weighted by Crippen LogP contribution is 2.33. The molecule has 1 aliphatic carbocycles. The fourth-order valence-electron chi connectivity index (χ4n) is 1.89. The number of nitrogens with zero attached hydrogens (tertiary/aromatic N) is 1. The van der Waals surface area contributed by atoms with Crippen molar-refractivity contribution in [3.63, 3.8) is 0 Å². The summed E-state index contributed by atoms with van der Waals surface area (Å²) in [7, 11) is -3.38. The van der Waals surface area contributed by atoms with E-state index in [-0.39, 0.29) is 6.61 Å². The summed E-state index contributed by atoms with van der Waals surface area (Å²) in [5.41, 5.74) is 0.851. The van der Waals surface area contributed by atoms with E-state index < -0.39 is 10.0 Å². The molecule has 6 heteroatoms. The summed E-state index contributed by atoms with van der Waals surface area (Å²) in [5, 5.41) is 9.15. The molecule has 1 N–H and O–H groups in total. The number of rotatable bonds is 6. The molecular weight excluding hydrogens is 270 g/mol. The third kappa shape index (κ3) is 2.77. The van der Waals surface area contributed by atoms with Gasteiger partial charge in [0.2, 0.25) is 0 Å². The maximum atomic E-state index is 12.5. The number of aliphatic hydroxyl groups excluding tert-OH is 1. The Morgan fingerprint density at radius 2 is 2.17 bits per heavy atom. The number of aliphatic hydroxyl groups is 1. The highest BCUT2D eigenvalue weighted by molar-refractivity contribution is 7.91. The van der Waals surface area contributed by atoms with Gasteiger partial charge in [0, 0.05) is 18.0 Å². The van der Waals surface area contributed by atoms with Crippen molar-refractivity contribution in [2.45, 2.75) is 37.5 Å². The van der Waals surface area contributed by atoms with E-state index in [1.807, 2.05) is 13.8 Å². The Bertz CT molecular complexity index is 517. The SMILES string of the molecule is CCN(CC1CC1)S(=O)(=O)c1cc(C)c(CO)s1. The topological polar surface area (TPSA) is 57.6 Å². The van der Waals surface area contributed by atoms with E-state index in [1.54, 1.807) is 10.4 Å². The first-order valence-electron chi connectivity index (χ1n) is 6.19. The summed E-state index contributed by atoms with van der Waals surface area (Å²) in [6.45, 7) is 4.74. The lowest BCUT2D eigenvalue weighted by atomic mass is 10.3. The maximum absolute atomic E-state index is 12.5. The van der Waals surface area contributed by atoms with Crippen molar-refractivity contribution in [2.24, 2.45) is 5.92 Å². The lowest BCUT2D eigenvalue weighted by Crippen LogP contribution is -2.32. The third-order valence-electron chi connectivity index (χ3n) is 3.25. The van der Waals surface area contributed by atoms with Crippen LogP contribution in [0.3, 0.4) is 0 Å². The molecule has 1 fully saturated rings. The number of hydrogen-bond acceptors (Lipinski definition) is 4. The quantitative estimate of drug-likeness (QED) is 0.871. The first kappa shape index (κ1) is 14.0. The van der Waals surface area contributed by atoms with Gasteiger partial charge in [0.1, 0.15) is 4.21 Å². The smallest absolute Gasteiger partial charge is 0.252 e. The van der Waals surface area contributed by atoms with Crippen LogP contribution in [0, 0.1) is 12.8 Å². The van der Waals surface area contributed by atoms with Gasteiger partial charge >= 0.3 is 0 Å². The van der Waals surface area contributed by atoms with Gasteiger partial charge in [-0.3, -0.25) is 0 Å². The van der Waals surface area contributed by atoms with Crippen molar-refractivity contribution in [1.29, 1.82) is 0 Å². The highest BCUT2D eigenvalue weighted by Gasteiger charge is 2.31. The zero-order valence-electron chi connectivity index (χ0n) is 10.7. The lowest BCUT2D eigenvalue weighted by Gasteiger charge is -2.19. The molecule has 1 saturated carbocycles. The Hall–Kier alpha value is -0.430. The van der Waals surface area contributed by atoms with Gasteiger partial charge in [0.05, 0.1) is 6.61 Å². The van der Waals surface area contributed by atoms with Crippen LogP contribution in [0.2, 0.25) is 0 Å². The summed E-state index contributed by atoms with van der Waals surface area (Å²) < 4.78 is 26.8. The van der Waals surface area contributed by atoms with Gasteiger partial charge in [-0.2, -0.15) is 4.31 Å². The zero-order valence-corrected chi connectivity index (χ0v) is 12.4. The lowest BCUT2D eigenvalue weighted by molar-refractivity contribution is 0.285. The van der Waals surface area contributed by atoms with Crippen molar-refractivity contribution >= 4 is 21.4 Å². The van der Waals surface area contributed by atoms with Gasteiger partial charge in [0.25, 0.3) is 10.0 Å². The monoisotopic (exact) mass is 289 g/mol. The van der Waals surface area contributed by atoms with Gasteiger partial charge in [-0.25, -0.2) is 8.42 Å². The van der Waals surface area contributed by atoms with Crippen molar-refractivity contribution in [3.05, 3.63) is 16.5 Å². The summed E-state index contributed by atoms with van der Waals surface area (Å²) in [5.74, 6) is 0.540. The molecule has 1 aliphatic rings. The van der Waals surface area contributed by atoms with Crippen LogP contribution in [0.1, 0.15) is 30.2 Å². The van der Waals surface area contributed by atoms with E-state index in [0.717, 1.165) is 23.3 Å². The minimum atomic E-state index is -3.38. The Labute approximate surface area is 112 Å². The molecule has 0 bridgehead atoms. The van der Waals surface area contributed by atoms with Gasteiger partial charge in [-0.05, 0) is 37.3 Å². The number of hydrogen-bond donors (Lipinski definition) is 1. The molecule has 0 atom stereocenters. The average Bonchev–Trinajstić information content (AvgIpc) is 3.07. The maximum Gasteiger partial charge on any atom is 0.252 e. The van der Waals surface area contributed by atoms with Crippen LogP contribution in [0.15, 0.2) is 10.3 Å². The Morgan fingerprint density at radius 3 is 2.61 bits per heavy atom. The van der Waals surface area contributed by atoms with Crippen LogP contribution in [0.5, 0.6) is 0 Å². The number of thiophene rings is 1. The van der Waals surface area contributed by atoms with Crippen molar-refractivity contribution in [3.8, 4) is 0 Å². The fourth-order valence-corrected chi connectivity index (χ4v) is 5.02. The average molecular weight is 289 g/mol. The summed E-state index contributed by atoms with van der Waals surface area (Å²) in [4.78, 5) is 0.732. The van der Waals surface area contributed by atoms with Crippen LogP contribution in [-0.2, 0) is 16.6 Å². The van der Waals surface area contributed by atoms with Crippen molar-refractivity contribution in [1.82, 2.24) is 4.31 Å². The van der Waals surface area contributed by atoms with E-state index >= 15 is 0 Å². The van der Waals surface area contributed by atoms with E-state index in [2.05, 4.69) is 0 Å². The van der Waals surface area contributed by atoms with Gasteiger partial charge in [-0.15, -0.1) is 11.3 Å². The Kier molecular flexibility index (Phi) is 4.11. The van der Waals surface area contributed by atoms with Crippen LogP contribution < -0.4 is 0 Å². The van der Waals surface area contributed by atoms with Crippen LogP contribution in [0.25, 0.3) is 0 Å². The summed E-state index contributed by atoms with van der Waals surface area (Å²) in [6.07, 6.45) is 2.27. The van der Waals surface area contributed by atoms with Gasteiger partial charge < -0.3 is 5.11 Å². The van der Waals surface area contributed by atoms with Crippen LogP contribution in [0.4, 0.5) is 0 Å². The normalized spacial score (nSPS) is 16.4. The second-order valence-corrected chi connectivity index (χ2v) is 8.03. The first-order chi connectivity index (χ1) is 8.48. The number of aryl methyl sites for hydroxylation is 1. The second-order valence-electron chi connectivity index (χ2n) is 4.73. The largest absolute Gasteiger partial charge is 0.391 e. The molecule has 0 saturated heterocycles. The molecule has 1 aromatic heterocycles. The molecule has 0 aromatic carbocycles. The molecule has 0 unspecified atom stereocenters. The number of sulfonamides is 1. The summed E-state index contributed by atoms with van der Waals surface area (Å²) >= 11 is 1.18. The molecule has 0 radical (unpaired) electrons. The van der Waals surface area contributed by atoms with Gasteiger partial charge in [-0.1, -0.05) is 6.92 Å². The second kappa shape index (κ2) is 5.28. The predicted molar refractivity (Wildman–Crippen MR) is 72.1 cm³/mol. The minimum absolute atomic E-state index is 0.0965. The van der Waals surface area contributed by atoms with Crippen molar-refractivity contribution < 1.29 is 13.5 Å². The molecule has 18 heavy (non-hydrogen) atoms.